The van der Waals surface area contributed by atoms with Crippen LogP contribution in [0.15, 0.2) is 79.0 Å². The first kappa shape index (κ1) is 17.7. The van der Waals surface area contributed by atoms with E-state index in [-0.39, 0.29) is 0 Å². The second kappa shape index (κ2) is 7.48. The lowest BCUT2D eigenvalue weighted by molar-refractivity contribution is 0.414. The Bertz CT molecular complexity index is 1080. The first-order chi connectivity index (χ1) is 13.7. The maximum Gasteiger partial charge on any atom is 0.120 e. The minimum atomic E-state index is 0.714. The Morgan fingerprint density at radius 1 is 0.750 bits per heavy atom. The van der Waals surface area contributed by atoms with Gasteiger partial charge >= 0.3 is 0 Å². The van der Waals surface area contributed by atoms with Crippen LogP contribution in [0.2, 0.25) is 0 Å². The van der Waals surface area contributed by atoms with Gasteiger partial charge in [-0.3, -0.25) is 4.98 Å². The number of hydrogen-bond acceptors (Lipinski definition) is 5. The highest BCUT2D eigenvalue weighted by molar-refractivity contribution is 5.93. The van der Waals surface area contributed by atoms with Gasteiger partial charge in [0.05, 0.1) is 19.7 Å². The van der Waals surface area contributed by atoms with Gasteiger partial charge in [0.25, 0.3) is 0 Å². The van der Waals surface area contributed by atoms with Crippen molar-refractivity contribution >= 4 is 33.7 Å². The highest BCUT2D eigenvalue weighted by Gasteiger charge is 2.15. The van der Waals surface area contributed by atoms with Crippen LogP contribution in [0.1, 0.15) is 0 Å². The molecule has 2 N–H and O–H groups in total. The van der Waals surface area contributed by atoms with Crippen LogP contribution in [-0.2, 0) is 0 Å². The van der Waals surface area contributed by atoms with Crippen LogP contribution in [0.3, 0.4) is 0 Å². The molecule has 0 atom stereocenters. The molecule has 5 nitrogen and oxygen atoms in total. The van der Waals surface area contributed by atoms with Gasteiger partial charge < -0.3 is 20.1 Å². The van der Waals surface area contributed by atoms with Crippen LogP contribution in [0.5, 0.6) is 11.5 Å². The molecule has 5 heteroatoms. The molecule has 0 fully saturated rings. The number of rotatable bonds is 5. The Kier molecular flexibility index (Phi) is 4.72. The molecule has 0 unspecified atom stereocenters. The topological polar surface area (TPSA) is 60.6 Å². The Balaban J connectivity index is 1.91. The molecule has 28 heavy (non-hydrogen) atoms. The molecule has 1 aromatic heterocycles. The van der Waals surface area contributed by atoms with Gasteiger partial charge in [-0.15, -0.1) is 0 Å². The standard InChI is InChI=1S/C23H21N3O2/c1-27-19-7-3-5-16(13-19)26(17-6-4-8-20(14-17)28-2)18-9-10-21-22(24)11-12-25-23(21)15-18/h3-15H,1-2H3,(H2,24,25). The average Bonchev–Trinajstić information content (AvgIpc) is 2.74. The number of aromatic nitrogens is 1. The number of ether oxygens (including phenoxy) is 2. The van der Waals surface area contributed by atoms with Crippen LogP contribution in [0.4, 0.5) is 22.7 Å². The van der Waals surface area contributed by atoms with Crippen LogP contribution in [-0.4, -0.2) is 19.2 Å². The third kappa shape index (κ3) is 3.30. The average molecular weight is 371 g/mol. The summed E-state index contributed by atoms with van der Waals surface area (Å²) in [7, 11) is 3.33. The summed E-state index contributed by atoms with van der Waals surface area (Å²) >= 11 is 0. The number of pyridine rings is 1. The molecule has 0 radical (unpaired) electrons. The Hall–Kier alpha value is -3.73. The van der Waals surface area contributed by atoms with E-state index in [4.69, 9.17) is 15.2 Å². The predicted molar refractivity (Wildman–Crippen MR) is 114 cm³/mol. The second-order valence-electron chi connectivity index (χ2n) is 6.34. The number of nitrogens with two attached hydrogens (primary N) is 1. The fourth-order valence-corrected chi connectivity index (χ4v) is 3.24. The van der Waals surface area contributed by atoms with Gasteiger partial charge in [-0.05, 0) is 48.5 Å². The summed E-state index contributed by atoms with van der Waals surface area (Å²) < 4.78 is 10.9. The lowest BCUT2D eigenvalue weighted by Crippen LogP contribution is -2.10. The number of methoxy groups -OCH3 is 2. The predicted octanol–water partition coefficient (Wildman–Crippen LogP) is 5.30. The zero-order valence-corrected chi connectivity index (χ0v) is 15.8. The summed E-state index contributed by atoms with van der Waals surface area (Å²) in [4.78, 5) is 6.62. The molecule has 4 aromatic rings. The van der Waals surface area contributed by atoms with Crippen molar-refractivity contribution in [3.05, 3.63) is 79.0 Å². The van der Waals surface area contributed by atoms with Crippen molar-refractivity contribution in [2.45, 2.75) is 0 Å². The number of hydrogen-bond donors (Lipinski definition) is 1. The second-order valence-corrected chi connectivity index (χ2v) is 6.34. The van der Waals surface area contributed by atoms with Gasteiger partial charge in [-0.2, -0.15) is 0 Å². The molecule has 140 valence electrons. The molecule has 0 aliphatic rings. The van der Waals surface area contributed by atoms with Crippen molar-refractivity contribution in [2.75, 3.05) is 24.9 Å². The number of nitrogens with zero attached hydrogens (tertiary/aromatic N) is 2. The number of fused-ring (bicyclic) bond motifs is 1. The van der Waals surface area contributed by atoms with E-state index in [0.29, 0.717) is 5.69 Å². The van der Waals surface area contributed by atoms with Gasteiger partial charge in [0, 0.05) is 46.5 Å². The Labute approximate surface area is 164 Å². The summed E-state index contributed by atoms with van der Waals surface area (Å²) in [6.07, 6.45) is 1.73. The van der Waals surface area contributed by atoms with Crippen LogP contribution >= 0.6 is 0 Å². The minimum absolute atomic E-state index is 0.714. The summed E-state index contributed by atoms with van der Waals surface area (Å²) in [5.41, 5.74) is 10.6. The Morgan fingerprint density at radius 2 is 1.36 bits per heavy atom. The fraction of sp³-hybridized carbons (Fsp3) is 0.0870. The van der Waals surface area contributed by atoms with Crippen LogP contribution < -0.4 is 20.1 Å². The van der Waals surface area contributed by atoms with Gasteiger partial charge in [0.1, 0.15) is 11.5 Å². The lowest BCUT2D eigenvalue weighted by Gasteiger charge is -2.26. The lowest BCUT2D eigenvalue weighted by atomic mass is 10.1. The highest BCUT2D eigenvalue weighted by Crippen LogP contribution is 2.38. The van der Waals surface area contributed by atoms with E-state index in [2.05, 4.69) is 9.88 Å². The molecule has 0 aliphatic carbocycles. The van der Waals surface area contributed by atoms with Crippen LogP contribution in [0, 0.1) is 0 Å². The van der Waals surface area contributed by atoms with Crippen molar-refractivity contribution in [3.63, 3.8) is 0 Å². The quantitative estimate of drug-likeness (QED) is 0.515. The van der Waals surface area contributed by atoms with Gasteiger partial charge in [-0.25, -0.2) is 0 Å². The fourth-order valence-electron chi connectivity index (χ4n) is 3.24. The third-order valence-electron chi connectivity index (χ3n) is 4.64. The van der Waals surface area contributed by atoms with Crippen molar-refractivity contribution in [1.29, 1.82) is 0 Å². The molecule has 4 rings (SSSR count). The van der Waals surface area contributed by atoms with E-state index >= 15 is 0 Å². The molecular weight excluding hydrogens is 350 g/mol. The van der Waals surface area contributed by atoms with Crippen molar-refractivity contribution < 1.29 is 9.47 Å². The third-order valence-corrected chi connectivity index (χ3v) is 4.64. The first-order valence-electron chi connectivity index (χ1n) is 8.92. The van der Waals surface area contributed by atoms with Crippen LogP contribution in [0.25, 0.3) is 10.9 Å². The summed E-state index contributed by atoms with van der Waals surface area (Å²) in [5.74, 6) is 1.57. The van der Waals surface area contributed by atoms with E-state index in [0.717, 1.165) is 39.5 Å². The molecule has 1 heterocycles. The highest BCUT2D eigenvalue weighted by atomic mass is 16.5. The van der Waals surface area contributed by atoms with Crippen molar-refractivity contribution in [2.24, 2.45) is 0 Å². The normalized spacial score (nSPS) is 10.6. The molecule has 0 aliphatic heterocycles. The van der Waals surface area contributed by atoms with E-state index in [1.165, 1.54) is 0 Å². The first-order valence-corrected chi connectivity index (χ1v) is 8.92. The van der Waals surface area contributed by atoms with E-state index in [9.17, 15) is 0 Å². The molecule has 0 saturated carbocycles. The maximum absolute atomic E-state index is 6.09. The van der Waals surface area contributed by atoms with E-state index < -0.39 is 0 Å². The van der Waals surface area contributed by atoms with Gasteiger partial charge in [0.15, 0.2) is 0 Å². The monoisotopic (exact) mass is 371 g/mol. The number of anilines is 4. The molecular formula is C23H21N3O2. The number of benzene rings is 3. The van der Waals surface area contributed by atoms with Crippen molar-refractivity contribution in [3.8, 4) is 11.5 Å². The summed E-state index contributed by atoms with van der Waals surface area (Å²) in [6, 6.07) is 23.8. The molecule has 3 aromatic carbocycles. The van der Waals surface area contributed by atoms with Gasteiger partial charge in [0.2, 0.25) is 0 Å². The maximum atomic E-state index is 6.09. The molecule has 0 saturated heterocycles. The molecule has 0 amide bonds. The summed E-state index contributed by atoms with van der Waals surface area (Å²) in [6.45, 7) is 0. The largest absolute Gasteiger partial charge is 0.497 e. The van der Waals surface area contributed by atoms with E-state index in [1.807, 2.05) is 72.8 Å². The molecule has 0 bridgehead atoms. The summed E-state index contributed by atoms with van der Waals surface area (Å²) in [5, 5.41) is 0.933. The smallest absolute Gasteiger partial charge is 0.120 e. The number of nitrogen functional groups attached to an aromatic ring is 1. The van der Waals surface area contributed by atoms with Crippen molar-refractivity contribution in [1.82, 2.24) is 4.98 Å². The SMILES string of the molecule is COc1cccc(N(c2cccc(OC)c2)c2ccc3c(N)ccnc3c2)c1. The molecule has 0 spiro atoms. The zero-order chi connectivity index (χ0) is 19.5. The van der Waals surface area contributed by atoms with E-state index in [1.54, 1.807) is 20.4 Å². The minimum Gasteiger partial charge on any atom is -0.497 e. The zero-order valence-electron chi connectivity index (χ0n) is 15.8. The Morgan fingerprint density at radius 3 is 1.96 bits per heavy atom. The van der Waals surface area contributed by atoms with Gasteiger partial charge in [-0.1, -0.05) is 12.1 Å².